The van der Waals surface area contributed by atoms with Crippen LogP contribution in [0, 0.1) is 5.92 Å². The second-order valence-corrected chi connectivity index (χ2v) is 8.67. The van der Waals surface area contributed by atoms with E-state index in [0.717, 1.165) is 5.56 Å². The van der Waals surface area contributed by atoms with Gasteiger partial charge in [-0.2, -0.15) is 0 Å². The van der Waals surface area contributed by atoms with Gasteiger partial charge in [0.15, 0.2) is 0 Å². The minimum absolute atomic E-state index is 0.178. The molecular formula is C19H26Cl3NO3. The highest BCUT2D eigenvalue weighted by atomic mass is 35.6. The number of hydrogen-bond donors (Lipinski definition) is 1. The van der Waals surface area contributed by atoms with Gasteiger partial charge >= 0.3 is 0 Å². The molecule has 4 nitrogen and oxygen atoms in total. The molecule has 0 bridgehead atoms. The van der Waals surface area contributed by atoms with E-state index in [1.165, 1.54) is 0 Å². The van der Waals surface area contributed by atoms with Crippen LogP contribution in [0.1, 0.15) is 25.8 Å². The van der Waals surface area contributed by atoms with Crippen molar-refractivity contribution in [2.75, 3.05) is 13.9 Å². The molecule has 0 aliphatic carbocycles. The van der Waals surface area contributed by atoms with Crippen LogP contribution in [0.2, 0.25) is 0 Å². The fourth-order valence-corrected chi connectivity index (χ4v) is 2.55. The molecule has 0 aromatic heterocycles. The third-order valence-electron chi connectivity index (χ3n) is 3.54. The molecule has 2 atom stereocenters. The van der Waals surface area contributed by atoms with Crippen LogP contribution in [0.5, 0.6) is 0 Å². The van der Waals surface area contributed by atoms with Crippen LogP contribution in [0.4, 0.5) is 0 Å². The van der Waals surface area contributed by atoms with E-state index in [4.69, 9.17) is 44.3 Å². The molecule has 1 amide bonds. The Morgan fingerprint density at radius 1 is 1.19 bits per heavy atom. The lowest BCUT2D eigenvalue weighted by atomic mass is 10.0. The number of carbonyl (C=O) groups is 1. The van der Waals surface area contributed by atoms with Crippen LogP contribution in [0.25, 0.3) is 0 Å². The molecule has 0 fully saturated rings. The number of rotatable bonds is 10. The predicted octanol–water partition coefficient (Wildman–Crippen LogP) is 4.68. The Hall–Kier alpha value is -0.780. The molecule has 0 saturated carbocycles. The first-order valence-corrected chi connectivity index (χ1v) is 9.56. The molecule has 1 rings (SSSR count). The Morgan fingerprint density at radius 3 is 2.38 bits per heavy atom. The first-order valence-electron chi connectivity index (χ1n) is 8.42. The number of carbonyl (C=O) groups excluding carboxylic acids is 1. The molecule has 1 aromatic carbocycles. The van der Waals surface area contributed by atoms with Crippen molar-refractivity contribution in [1.82, 2.24) is 5.32 Å². The summed E-state index contributed by atoms with van der Waals surface area (Å²) < 4.78 is 8.75. The summed E-state index contributed by atoms with van der Waals surface area (Å²) in [6.45, 7) is 4.30. The molecule has 7 heteroatoms. The lowest BCUT2D eigenvalue weighted by Gasteiger charge is -2.21. The van der Waals surface area contributed by atoms with E-state index >= 15 is 0 Å². The monoisotopic (exact) mass is 421 g/mol. The van der Waals surface area contributed by atoms with Crippen molar-refractivity contribution >= 4 is 40.7 Å². The number of alkyl halides is 3. The second kappa shape index (κ2) is 11.8. The number of halogens is 3. The second-order valence-electron chi connectivity index (χ2n) is 6.39. The summed E-state index contributed by atoms with van der Waals surface area (Å²) in [5, 5.41) is 2.76. The number of nitrogens with one attached hydrogen (secondary N) is 1. The molecule has 1 aromatic rings. The standard InChI is InChI=1S/C19H26Cl3NO3/c1-14(2)11-16(23-18(24)19(20,21)22)9-10-17(26-13-25-3)12-15-7-5-4-6-8-15/h4-10,14,16-17H,11-13H2,1-3H3,(H,23,24)/b10-9+/t16-,17+/m0/s1. The minimum Gasteiger partial charge on any atom is -0.359 e. The summed E-state index contributed by atoms with van der Waals surface area (Å²) in [4.78, 5) is 12.0. The fourth-order valence-electron chi connectivity index (χ4n) is 2.39. The average molecular weight is 423 g/mol. The van der Waals surface area contributed by atoms with E-state index in [0.29, 0.717) is 18.8 Å². The Balaban J connectivity index is 2.83. The summed E-state index contributed by atoms with van der Waals surface area (Å²) >= 11 is 17.0. The predicted molar refractivity (Wildman–Crippen MR) is 108 cm³/mol. The molecule has 0 aliphatic heterocycles. The van der Waals surface area contributed by atoms with Gasteiger partial charge < -0.3 is 14.8 Å². The molecule has 0 heterocycles. The lowest BCUT2D eigenvalue weighted by molar-refractivity contribution is -0.120. The molecule has 146 valence electrons. The average Bonchev–Trinajstić information content (AvgIpc) is 2.56. The number of amides is 1. The van der Waals surface area contributed by atoms with E-state index in [2.05, 4.69) is 19.2 Å². The van der Waals surface area contributed by atoms with Crippen molar-refractivity contribution in [3.63, 3.8) is 0 Å². The summed E-state index contributed by atoms with van der Waals surface area (Å²) in [6.07, 6.45) is 5.00. The molecule has 26 heavy (non-hydrogen) atoms. The topological polar surface area (TPSA) is 47.6 Å². The Bertz CT molecular complexity index is 559. The summed E-state index contributed by atoms with van der Waals surface area (Å²) in [5.74, 6) is -0.289. The highest BCUT2D eigenvalue weighted by Crippen LogP contribution is 2.26. The van der Waals surface area contributed by atoms with Crippen LogP contribution < -0.4 is 5.32 Å². The van der Waals surface area contributed by atoms with Crippen molar-refractivity contribution in [3.8, 4) is 0 Å². The maximum absolute atomic E-state index is 12.0. The number of hydrogen-bond acceptors (Lipinski definition) is 3. The Morgan fingerprint density at radius 2 is 1.85 bits per heavy atom. The molecule has 0 aliphatic rings. The third-order valence-corrected chi connectivity index (χ3v) is 4.05. The van der Waals surface area contributed by atoms with Crippen LogP contribution in [-0.4, -0.2) is 35.7 Å². The smallest absolute Gasteiger partial charge is 0.272 e. The molecule has 1 N–H and O–H groups in total. The van der Waals surface area contributed by atoms with Crippen molar-refractivity contribution in [2.45, 2.75) is 42.6 Å². The first kappa shape index (κ1) is 23.3. The van der Waals surface area contributed by atoms with Gasteiger partial charge in [-0.15, -0.1) is 0 Å². The van der Waals surface area contributed by atoms with E-state index < -0.39 is 9.70 Å². The summed E-state index contributed by atoms with van der Waals surface area (Å²) in [7, 11) is 1.58. The maximum atomic E-state index is 12.0. The molecule has 0 saturated heterocycles. The number of benzene rings is 1. The van der Waals surface area contributed by atoms with Crippen molar-refractivity contribution in [3.05, 3.63) is 48.0 Å². The van der Waals surface area contributed by atoms with E-state index in [-0.39, 0.29) is 18.9 Å². The normalized spacial score (nSPS) is 14.6. The van der Waals surface area contributed by atoms with E-state index in [1.807, 2.05) is 42.5 Å². The van der Waals surface area contributed by atoms with Crippen LogP contribution in [0.15, 0.2) is 42.5 Å². The largest absolute Gasteiger partial charge is 0.359 e. The van der Waals surface area contributed by atoms with Crippen LogP contribution in [0.3, 0.4) is 0 Å². The first-order chi connectivity index (χ1) is 12.2. The lowest BCUT2D eigenvalue weighted by Crippen LogP contribution is -2.41. The van der Waals surface area contributed by atoms with Gasteiger partial charge in [-0.3, -0.25) is 4.79 Å². The molecular weight excluding hydrogens is 397 g/mol. The molecule has 0 unspecified atom stereocenters. The van der Waals surface area contributed by atoms with Gasteiger partial charge in [-0.05, 0) is 17.9 Å². The van der Waals surface area contributed by atoms with Gasteiger partial charge in [0.05, 0.1) is 6.10 Å². The number of ether oxygens (including phenoxy) is 2. The Kier molecular flexibility index (Phi) is 10.6. The fraction of sp³-hybridized carbons (Fsp3) is 0.526. The Labute approximate surface area is 170 Å². The zero-order valence-corrected chi connectivity index (χ0v) is 17.5. The van der Waals surface area contributed by atoms with Gasteiger partial charge in [0.2, 0.25) is 0 Å². The van der Waals surface area contributed by atoms with Crippen molar-refractivity contribution in [1.29, 1.82) is 0 Å². The molecule has 0 spiro atoms. The van der Waals surface area contributed by atoms with Crippen LogP contribution >= 0.6 is 34.8 Å². The van der Waals surface area contributed by atoms with Gasteiger partial charge in [0.1, 0.15) is 6.79 Å². The van der Waals surface area contributed by atoms with Crippen LogP contribution in [-0.2, 0) is 20.7 Å². The zero-order chi connectivity index (χ0) is 19.6. The van der Waals surface area contributed by atoms with Gasteiger partial charge in [0, 0.05) is 19.6 Å². The summed E-state index contributed by atoms with van der Waals surface area (Å²) in [6, 6.07) is 9.74. The quantitative estimate of drug-likeness (QED) is 0.338. The van der Waals surface area contributed by atoms with Crippen molar-refractivity contribution in [2.24, 2.45) is 5.92 Å². The zero-order valence-electron chi connectivity index (χ0n) is 15.3. The van der Waals surface area contributed by atoms with Crippen molar-refractivity contribution < 1.29 is 14.3 Å². The highest BCUT2D eigenvalue weighted by molar-refractivity contribution is 6.76. The van der Waals surface area contributed by atoms with Gasteiger partial charge in [0.25, 0.3) is 9.70 Å². The van der Waals surface area contributed by atoms with Gasteiger partial charge in [-0.25, -0.2) is 0 Å². The molecule has 0 radical (unpaired) electrons. The highest BCUT2D eigenvalue weighted by Gasteiger charge is 2.31. The SMILES string of the molecule is COCO[C@H](/C=C/[C@@H](CC(C)C)NC(=O)C(Cl)(Cl)Cl)Cc1ccccc1. The van der Waals surface area contributed by atoms with E-state index in [9.17, 15) is 4.79 Å². The third kappa shape index (κ3) is 9.79. The summed E-state index contributed by atoms with van der Waals surface area (Å²) in [5.41, 5.74) is 1.14. The number of methoxy groups -OCH3 is 1. The van der Waals surface area contributed by atoms with E-state index in [1.54, 1.807) is 7.11 Å². The van der Waals surface area contributed by atoms with Gasteiger partial charge in [-0.1, -0.05) is 91.1 Å². The maximum Gasteiger partial charge on any atom is 0.272 e. The minimum atomic E-state index is -1.99.